The van der Waals surface area contributed by atoms with Crippen molar-refractivity contribution in [2.75, 3.05) is 23.9 Å². The molecular weight excluding hydrogens is 416 g/mol. The third-order valence-electron chi connectivity index (χ3n) is 4.86. The Balaban J connectivity index is 1.67. The molecular formula is C22H22N4O2S2. The Morgan fingerprint density at radius 2 is 2.03 bits per heavy atom. The number of hydrogen-bond acceptors (Lipinski definition) is 5. The molecule has 1 aromatic carbocycles. The lowest BCUT2D eigenvalue weighted by atomic mass is 10.0. The number of rotatable bonds is 6. The van der Waals surface area contributed by atoms with Gasteiger partial charge in [-0.2, -0.15) is 0 Å². The van der Waals surface area contributed by atoms with E-state index in [1.54, 1.807) is 17.5 Å². The number of carbonyl (C=O) groups is 1. The number of amides is 1. The van der Waals surface area contributed by atoms with Gasteiger partial charge in [0.2, 0.25) is 5.91 Å². The molecule has 1 saturated heterocycles. The summed E-state index contributed by atoms with van der Waals surface area (Å²) in [5, 5.41) is 6.92. The van der Waals surface area contributed by atoms with Gasteiger partial charge in [0.15, 0.2) is 5.11 Å². The largest absolute Gasteiger partial charge is 0.375 e. The lowest BCUT2D eigenvalue weighted by Crippen LogP contribution is -2.29. The van der Waals surface area contributed by atoms with Gasteiger partial charge < -0.3 is 20.3 Å². The number of pyridine rings is 1. The standard InChI is InChI=1S/C22H22N4O2S2/c1-14-6-11-18(30-14)21-20(17-5-3-4-12-23-17)25-22(29)26(21)16-9-7-15(8-10-16)24-19(27)13-28-2/h3-12,20-21H,13H2,1-2H3,(H,24,27)(H,25,29)/t20-,21+/m0/s1. The molecule has 0 aliphatic carbocycles. The summed E-state index contributed by atoms with van der Waals surface area (Å²) < 4.78 is 4.86. The molecule has 30 heavy (non-hydrogen) atoms. The monoisotopic (exact) mass is 438 g/mol. The number of anilines is 2. The Hall–Kier alpha value is -2.81. The van der Waals surface area contributed by atoms with Crippen LogP contribution in [0, 0.1) is 6.92 Å². The van der Waals surface area contributed by atoms with Gasteiger partial charge in [0.1, 0.15) is 6.61 Å². The van der Waals surface area contributed by atoms with Crippen LogP contribution in [0.15, 0.2) is 60.8 Å². The van der Waals surface area contributed by atoms with Gasteiger partial charge in [0, 0.05) is 34.4 Å². The summed E-state index contributed by atoms with van der Waals surface area (Å²) in [6.07, 6.45) is 1.80. The van der Waals surface area contributed by atoms with E-state index in [9.17, 15) is 4.79 Å². The highest BCUT2D eigenvalue weighted by Gasteiger charge is 2.41. The molecule has 4 rings (SSSR count). The molecule has 8 heteroatoms. The normalized spacial score (nSPS) is 18.3. The predicted molar refractivity (Wildman–Crippen MR) is 124 cm³/mol. The van der Waals surface area contributed by atoms with Gasteiger partial charge in [-0.05, 0) is 67.7 Å². The fraction of sp³-hybridized carbons (Fsp3) is 0.227. The lowest BCUT2D eigenvalue weighted by Gasteiger charge is -2.27. The highest BCUT2D eigenvalue weighted by Crippen LogP contribution is 2.43. The van der Waals surface area contributed by atoms with Crippen LogP contribution in [0.1, 0.15) is 27.5 Å². The number of thiocarbonyl (C=S) groups is 1. The molecule has 0 radical (unpaired) electrons. The number of nitrogens with one attached hydrogen (secondary N) is 2. The van der Waals surface area contributed by atoms with Crippen LogP contribution in [-0.4, -0.2) is 29.7 Å². The van der Waals surface area contributed by atoms with Crippen LogP contribution in [0.4, 0.5) is 11.4 Å². The highest BCUT2D eigenvalue weighted by atomic mass is 32.1. The molecule has 2 N–H and O–H groups in total. The van der Waals surface area contributed by atoms with Gasteiger partial charge in [-0.15, -0.1) is 11.3 Å². The second-order valence-corrected chi connectivity index (χ2v) is 8.68. The zero-order valence-corrected chi connectivity index (χ0v) is 18.3. The number of methoxy groups -OCH3 is 1. The Kier molecular flexibility index (Phi) is 6.08. The van der Waals surface area contributed by atoms with Crippen LogP contribution in [-0.2, 0) is 9.53 Å². The van der Waals surface area contributed by atoms with E-state index in [1.807, 2.05) is 42.5 Å². The minimum Gasteiger partial charge on any atom is -0.375 e. The SMILES string of the molecule is COCC(=O)Nc1ccc(N2C(=S)N[C@@H](c3ccccn3)[C@H]2c2ccc(C)s2)cc1. The maximum atomic E-state index is 11.8. The smallest absolute Gasteiger partial charge is 0.250 e. The van der Waals surface area contributed by atoms with Gasteiger partial charge in [-0.3, -0.25) is 9.78 Å². The summed E-state index contributed by atoms with van der Waals surface area (Å²) in [6.45, 7) is 2.12. The van der Waals surface area contributed by atoms with E-state index in [1.165, 1.54) is 16.9 Å². The Bertz CT molecular complexity index is 1040. The number of thiophene rings is 1. The van der Waals surface area contributed by atoms with E-state index >= 15 is 0 Å². The zero-order valence-electron chi connectivity index (χ0n) is 16.7. The summed E-state index contributed by atoms with van der Waals surface area (Å²) in [4.78, 5) is 20.9. The van der Waals surface area contributed by atoms with Gasteiger partial charge in [0.25, 0.3) is 0 Å². The number of carbonyl (C=O) groups excluding carboxylic acids is 1. The molecule has 1 aliphatic heterocycles. The summed E-state index contributed by atoms with van der Waals surface area (Å²) >= 11 is 7.49. The van der Waals surface area contributed by atoms with Crippen molar-refractivity contribution >= 4 is 45.9 Å². The van der Waals surface area contributed by atoms with E-state index in [-0.39, 0.29) is 24.6 Å². The lowest BCUT2D eigenvalue weighted by molar-refractivity contribution is -0.119. The second-order valence-electron chi connectivity index (χ2n) is 6.97. The Morgan fingerprint density at radius 3 is 2.67 bits per heavy atom. The number of aromatic nitrogens is 1. The Labute approximate surface area is 184 Å². The molecule has 1 amide bonds. The van der Waals surface area contributed by atoms with Crippen LogP contribution in [0.5, 0.6) is 0 Å². The minimum absolute atomic E-state index is 0.0139. The van der Waals surface area contributed by atoms with Crippen molar-refractivity contribution in [1.82, 2.24) is 10.3 Å². The minimum atomic E-state index is -0.189. The average molecular weight is 439 g/mol. The molecule has 0 bridgehead atoms. The van der Waals surface area contributed by atoms with Crippen molar-refractivity contribution in [1.29, 1.82) is 0 Å². The van der Waals surface area contributed by atoms with E-state index in [0.29, 0.717) is 10.8 Å². The number of ether oxygens (including phenoxy) is 1. The van der Waals surface area contributed by atoms with Crippen LogP contribution in [0.2, 0.25) is 0 Å². The van der Waals surface area contributed by atoms with Crippen molar-refractivity contribution in [3.63, 3.8) is 0 Å². The molecule has 154 valence electrons. The number of hydrogen-bond donors (Lipinski definition) is 2. The predicted octanol–water partition coefficient (Wildman–Crippen LogP) is 4.21. The molecule has 1 fully saturated rings. The quantitative estimate of drug-likeness (QED) is 0.562. The summed E-state index contributed by atoms with van der Waals surface area (Å²) in [7, 11) is 1.49. The first-order chi connectivity index (χ1) is 14.6. The first kappa shape index (κ1) is 20.5. The zero-order chi connectivity index (χ0) is 21.1. The third-order valence-corrected chi connectivity index (χ3v) is 6.24. The molecule has 0 spiro atoms. The average Bonchev–Trinajstić information content (AvgIpc) is 3.32. The van der Waals surface area contributed by atoms with Crippen molar-refractivity contribution in [3.8, 4) is 0 Å². The van der Waals surface area contributed by atoms with E-state index < -0.39 is 0 Å². The molecule has 1 aliphatic rings. The fourth-order valence-corrected chi connectivity index (χ4v) is 4.92. The summed E-state index contributed by atoms with van der Waals surface area (Å²) in [5.41, 5.74) is 2.61. The maximum Gasteiger partial charge on any atom is 0.250 e. The highest BCUT2D eigenvalue weighted by molar-refractivity contribution is 7.80. The molecule has 3 aromatic rings. The summed E-state index contributed by atoms with van der Waals surface area (Å²) in [5.74, 6) is -0.189. The Morgan fingerprint density at radius 1 is 1.23 bits per heavy atom. The van der Waals surface area contributed by atoms with Crippen molar-refractivity contribution in [3.05, 3.63) is 76.2 Å². The van der Waals surface area contributed by atoms with Crippen LogP contribution in [0.25, 0.3) is 0 Å². The third kappa shape index (κ3) is 4.21. The van der Waals surface area contributed by atoms with Gasteiger partial charge in [0.05, 0.1) is 17.8 Å². The van der Waals surface area contributed by atoms with Gasteiger partial charge in [-0.1, -0.05) is 6.07 Å². The first-order valence-electron chi connectivity index (χ1n) is 9.52. The molecule has 0 saturated carbocycles. The fourth-order valence-electron chi connectivity index (χ4n) is 3.57. The van der Waals surface area contributed by atoms with Crippen molar-refractivity contribution < 1.29 is 9.53 Å². The topological polar surface area (TPSA) is 66.5 Å². The van der Waals surface area contributed by atoms with E-state index in [4.69, 9.17) is 17.0 Å². The molecule has 2 atom stereocenters. The van der Waals surface area contributed by atoms with E-state index in [2.05, 4.69) is 39.6 Å². The number of nitrogens with zero attached hydrogens (tertiary/aromatic N) is 2. The molecule has 2 aromatic heterocycles. The molecule has 0 unspecified atom stereocenters. The van der Waals surface area contributed by atoms with Crippen LogP contribution >= 0.6 is 23.6 Å². The van der Waals surface area contributed by atoms with Crippen LogP contribution < -0.4 is 15.5 Å². The maximum absolute atomic E-state index is 11.8. The summed E-state index contributed by atoms with van der Waals surface area (Å²) in [6, 6.07) is 17.8. The van der Waals surface area contributed by atoms with Crippen LogP contribution in [0.3, 0.4) is 0 Å². The number of aryl methyl sites for hydroxylation is 1. The number of benzene rings is 1. The van der Waals surface area contributed by atoms with Crippen molar-refractivity contribution in [2.24, 2.45) is 0 Å². The first-order valence-corrected chi connectivity index (χ1v) is 10.7. The van der Waals surface area contributed by atoms with Crippen molar-refractivity contribution in [2.45, 2.75) is 19.0 Å². The molecule has 3 heterocycles. The van der Waals surface area contributed by atoms with Gasteiger partial charge >= 0.3 is 0 Å². The second kappa shape index (κ2) is 8.91. The van der Waals surface area contributed by atoms with E-state index in [0.717, 1.165) is 11.4 Å². The van der Waals surface area contributed by atoms with Gasteiger partial charge in [-0.25, -0.2) is 0 Å². The molecule has 6 nitrogen and oxygen atoms in total.